The van der Waals surface area contributed by atoms with E-state index in [1.807, 2.05) is 0 Å². The number of amides is 1. The monoisotopic (exact) mass is 386 g/mol. The number of anilines is 2. The second-order valence-electron chi connectivity index (χ2n) is 5.71. The minimum Gasteiger partial charge on any atom is -0.366 e. The van der Waals surface area contributed by atoms with Crippen LogP contribution in [0.1, 0.15) is 16.9 Å². The average Bonchev–Trinajstić information content (AvgIpc) is 2.94. The van der Waals surface area contributed by atoms with Gasteiger partial charge in [-0.1, -0.05) is 0 Å². The van der Waals surface area contributed by atoms with Gasteiger partial charge in [0.05, 0.1) is 17.2 Å². The molecule has 1 aliphatic rings. The summed E-state index contributed by atoms with van der Waals surface area (Å²) in [6, 6.07) is 2.48. The van der Waals surface area contributed by atoms with E-state index < -0.39 is 38.9 Å². The van der Waals surface area contributed by atoms with Gasteiger partial charge in [0, 0.05) is 12.1 Å². The van der Waals surface area contributed by atoms with E-state index >= 15 is 0 Å². The Morgan fingerprint density at radius 1 is 1.15 bits per heavy atom. The number of aromatic nitrogens is 2. The van der Waals surface area contributed by atoms with Crippen LogP contribution in [-0.2, 0) is 9.84 Å². The molecule has 1 aromatic carbocycles. The standard InChI is InChI=1S/C15H13F3N4O3S/c16-9-1-2-10(14(18)13(9)17)22-15(23)11-5-12(20-7-19-11)21-8-3-4-26(24,25)6-8/h1-2,5,7-8H,3-4,6H2,(H,22,23)(H,19,20,21). The van der Waals surface area contributed by atoms with Gasteiger partial charge in [-0.2, -0.15) is 0 Å². The Bertz CT molecular complexity index is 969. The summed E-state index contributed by atoms with van der Waals surface area (Å²) in [4.78, 5) is 19.8. The van der Waals surface area contributed by atoms with E-state index in [9.17, 15) is 26.4 Å². The SMILES string of the molecule is O=C(Nc1ccc(F)c(F)c1F)c1cc(NC2CCS(=O)(=O)C2)ncn1. The largest absolute Gasteiger partial charge is 0.366 e. The molecule has 2 N–H and O–H groups in total. The molecule has 138 valence electrons. The summed E-state index contributed by atoms with van der Waals surface area (Å²) in [5.74, 6) is -5.22. The summed E-state index contributed by atoms with van der Waals surface area (Å²) >= 11 is 0. The predicted molar refractivity (Wildman–Crippen MR) is 87.0 cm³/mol. The van der Waals surface area contributed by atoms with Gasteiger partial charge >= 0.3 is 0 Å². The molecule has 1 fully saturated rings. The normalized spacial score (nSPS) is 18.5. The minimum atomic E-state index is -3.09. The minimum absolute atomic E-state index is 0.0431. The Balaban J connectivity index is 1.74. The summed E-state index contributed by atoms with van der Waals surface area (Å²) in [5, 5.41) is 4.98. The van der Waals surface area contributed by atoms with Crippen LogP contribution in [0.5, 0.6) is 0 Å². The molecule has 2 heterocycles. The first-order chi connectivity index (χ1) is 12.2. The van der Waals surface area contributed by atoms with E-state index in [1.54, 1.807) is 0 Å². The second kappa shape index (κ2) is 6.90. The van der Waals surface area contributed by atoms with Gasteiger partial charge in [-0.3, -0.25) is 4.79 Å². The zero-order valence-corrected chi connectivity index (χ0v) is 14.0. The van der Waals surface area contributed by atoms with E-state index in [1.165, 1.54) is 6.07 Å². The molecule has 0 radical (unpaired) electrons. The summed E-state index contributed by atoms with van der Waals surface area (Å²) in [6.07, 6.45) is 1.48. The third-order valence-electron chi connectivity index (χ3n) is 3.77. The molecule has 0 spiro atoms. The molecule has 2 aromatic rings. The topological polar surface area (TPSA) is 101 Å². The first-order valence-corrected chi connectivity index (χ1v) is 9.31. The Labute approximate surface area is 146 Å². The Morgan fingerprint density at radius 2 is 1.92 bits per heavy atom. The second-order valence-corrected chi connectivity index (χ2v) is 7.94. The summed E-state index contributed by atoms with van der Waals surface area (Å²) < 4.78 is 62.7. The molecule has 1 aromatic heterocycles. The van der Waals surface area contributed by atoms with Crippen LogP contribution in [0.25, 0.3) is 0 Å². The fourth-order valence-electron chi connectivity index (χ4n) is 2.49. The Hall–Kier alpha value is -2.69. The zero-order valence-electron chi connectivity index (χ0n) is 13.2. The molecule has 3 rings (SSSR count). The van der Waals surface area contributed by atoms with Crippen molar-refractivity contribution in [1.82, 2.24) is 9.97 Å². The molecule has 11 heteroatoms. The van der Waals surface area contributed by atoms with E-state index in [-0.39, 0.29) is 29.1 Å². The molecule has 26 heavy (non-hydrogen) atoms. The average molecular weight is 386 g/mol. The highest BCUT2D eigenvalue weighted by atomic mass is 32.2. The highest BCUT2D eigenvalue weighted by Gasteiger charge is 2.28. The molecule has 0 aliphatic carbocycles. The number of carbonyl (C=O) groups is 1. The lowest BCUT2D eigenvalue weighted by Gasteiger charge is -2.12. The number of rotatable bonds is 4. The lowest BCUT2D eigenvalue weighted by atomic mass is 10.2. The third-order valence-corrected chi connectivity index (χ3v) is 5.54. The van der Waals surface area contributed by atoms with Gasteiger partial charge in [0.25, 0.3) is 5.91 Å². The molecular weight excluding hydrogens is 373 g/mol. The van der Waals surface area contributed by atoms with Gasteiger partial charge in [0.2, 0.25) is 0 Å². The van der Waals surface area contributed by atoms with Gasteiger partial charge in [-0.25, -0.2) is 31.6 Å². The maximum atomic E-state index is 13.6. The first-order valence-electron chi connectivity index (χ1n) is 7.49. The van der Waals surface area contributed by atoms with Crippen molar-refractivity contribution in [3.63, 3.8) is 0 Å². The molecular formula is C15H13F3N4O3S. The maximum Gasteiger partial charge on any atom is 0.274 e. The molecule has 7 nitrogen and oxygen atoms in total. The highest BCUT2D eigenvalue weighted by Crippen LogP contribution is 2.21. The van der Waals surface area contributed by atoms with E-state index in [0.717, 1.165) is 12.4 Å². The van der Waals surface area contributed by atoms with Gasteiger partial charge < -0.3 is 10.6 Å². The van der Waals surface area contributed by atoms with Crippen LogP contribution in [0.3, 0.4) is 0 Å². The van der Waals surface area contributed by atoms with Crippen molar-refractivity contribution in [2.24, 2.45) is 0 Å². The van der Waals surface area contributed by atoms with Crippen LogP contribution < -0.4 is 10.6 Å². The van der Waals surface area contributed by atoms with Crippen molar-refractivity contribution >= 4 is 27.2 Å². The van der Waals surface area contributed by atoms with Crippen molar-refractivity contribution in [3.8, 4) is 0 Å². The van der Waals surface area contributed by atoms with Crippen LogP contribution in [0.15, 0.2) is 24.5 Å². The van der Waals surface area contributed by atoms with Crippen LogP contribution in [-0.4, -0.2) is 41.8 Å². The van der Waals surface area contributed by atoms with E-state index in [4.69, 9.17) is 0 Å². The number of hydrogen-bond donors (Lipinski definition) is 2. The van der Waals surface area contributed by atoms with Crippen molar-refractivity contribution in [2.45, 2.75) is 12.5 Å². The van der Waals surface area contributed by atoms with Crippen molar-refractivity contribution in [1.29, 1.82) is 0 Å². The number of halogens is 3. The Morgan fingerprint density at radius 3 is 2.62 bits per heavy atom. The Kier molecular flexibility index (Phi) is 4.81. The van der Waals surface area contributed by atoms with Crippen LogP contribution in [0, 0.1) is 17.5 Å². The van der Waals surface area contributed by atoms with Crippen LogP contribution in [0.4, 0.5) is 24.7 Å². The molecule has 1 unspecified atom stereocenters. The molecule has 1 aliphatic heterocycles. The predicted octanol–water partition coefficient (Wildman–Crippen LogP) is 1.75. The van der Waals surface area contributed by atoms with Gasteiger partial charge in [-0.15, -0.1) is 0 Å². The van der Waals surface area contributed by atoms with Gasteiger partial charge in [-0.05, 0) is 18.6 Å². The maximum absolute atomic E-state index is 13.6. The van der Waals surface area contributed by atoms with Crippen molar-refractivity contribution in [2.75, 3.05) is 22.1 Å². The van der Waals surface area contributed by atoms with Gasteiger partial charge in [0.15, 0.2) is 27.3 Å². The number of benzene rings is 1. The summed E-state index contributed by atoms with van der Waals surface area (Å²) in [5.41, 5.74) is -0.698. The van der Waals surface area contributed by atoms with Crippen LogP contribution in [0.2, 0.25) is 0 Å². The first kappa shape index (κ1) is 18.1. The van der Waals surface area contributed by atoms with Crippen LogP contribution >= 0.6 is 0 Å². The number of sulfone groups is 1. The smallest absolute Gasteiger partial charge is 0.274 e. The summed E-state index contributed by atoms with van der Waals surface area (Å²) in [7, 11) is -3.09. The zero-order chi connectivity index (χ0) is 18.9. The van der Waals surface area contributed by atoms with E-state index in [2.05, 4.69) is 20.6 Å². The lowest BCUT2D eigenvalue weighted by molar-refractivity contribution is 0.102. The molecule has 1 atom stereocenters. The highest BCUT2D eigenvalue weighted by molar-refractivity contribution is 7.91. The van der Waals surface area contributed by atoms with E-state index in [0.29, 0.717) is 12.5 Å². The molecule has 1 saturated heterocycles. The number of hydrogen-bond acceptors (Lipinski definition) is 6. The van der Waals surface area contributed by atoms with Crippen molar-refractivity contribution in [3.05, 3.63) is 47.7 Å². The number of carbonyl (C=O) groups excluding carboxylic acids is 1. The molecule has 1 amide bonds. The summed E-state index contributed by atoms with van der Waals surface area (Å²) in [6.45, 7) is 0. The lowest BCUT2D eigenvalue weighted by Crippen LogP contribution is -2.22. The van der Waals surface area contributed by atoms with Gasteiger partial charge in [0.1, 0.15) is 17.8 Å². The fourth-order valence-corrected chi connectivity index (χ4v) is 4.16. The quantitative estimate of drug-likeness (QED) is 0.777. The number of nitrogens with one attached hydrogen (secondary N) is 2. The molecule has 0 bridgehead atoms. The fraction of sp³-hybridized carbons (Fsp3) is 0.267. The molecule has 0 saturated carbocycles. The number of nitrogens with zero attached hydrogens (tertiary/aromatic N) is 2. The van der Waals surface area contributed by atoms with Crippen molar-refractivity contribution < 1.29 is 26.4 Å². The third kappa shape index (κ3) is 3.93.